The van der Waals surface area contributed by atoms with E-state index >= 15 is 0 Å². The van der Waals surface area contributed by atoms with E-state index in [9.17, 15) is 0 Å². The predicted octanol–water partition coefficient (Wildman–Crippen LogP) is 3.46. The SMILES string of the molecule is CC(NC1CCCCCC1)c1cccnc1. The summed E-state index contributed by atoms with van der Waals surface area (Å²) in [5, 5.41) is 3.74. The highest BCUT2D eigenvalue weighted by molar-refractivity contribution is 5.12. The van der Waals surface area contributed by atoms with Crippen molar-refractivity contribution in [2.75, 3.05) is 0 Å². The molecule has 0 spiro atoms. The second-order valence-electron chi connectivity index (χ2n) is 4.86. The zero-order valence-corrected chi connectivity index (χ0v) is 10.2. The largest absolute Gasteiger partial charge is 0.307 e. The van der Waals surface area contributed by atoms with Gasteiger partial charge in [-0.25, -0.2) is 0 Å². The van der Waals surface area contributed by atoms with Crippen molar-refractivity contribution in [1.82, 2.24) is 10.3 Å². The molecule has 1 aromatic heterocycles. The maximum atomic E-state index is 4.18. The quantitative estimate of drug-likeness (QED) is 0.786. The van der Waals surface area contributed by atoms with Crippen molar-refractivity contribution in [3.8, 4) is 0 Å². The van der Waals surface area contributed by atoms with Gasteiger partial charge in [-0.1, -0.05) is 31.7 Å². The molecule has 1 N–H and O–H groups in total. The fourth-order valence-corrected chi connectivity index (χ4v) is 2.53. The Hall–Kier alpha value is -0.890. The topological polar surface area (TPSA) is 24.9 Å². The summed E-state index contributed by atoms with van der Waals surface area (Å²) in [5.41, 5.74) is 1.30. The summed E-state index contributed by atoms with van der Waals surface area (Å²) >= 11 is 0. The van der Waals surface area contributed by atoms with E-state index in [-0.39, 0.29) is 0 Å². The molecule has 0 bridgehead atoms. The van der Waals surface area contributed by atoms with Gasteiger partial charge in [0.25, 0.3) is 0 Å². The van der Waals surface area contributed by atoms with E-state index in [1.807, 2.05) is 18.5 Å². The number of aromatic nitrogens is 1. The lowest BCUT2D eigenvalue weighted by molar-refractivity contribution is 0.414. The lowest BCUT2D eigenvalue weighted by Gasteiger charge is -2.22. The maximum absolute atomic E-state index is 4.18. The second-order valence-corrected chi connectivity index (χ2v) is 4.86. The number of rotatable bonds is 3. The van der Waals surface area contributed by atoms with Gasteiger partial charge in [0.05, 0.1) is 0 Å². The molecular weight excluding hydrogens is 196 g/mol. The van der Waals surface area contributed by atoms with Gasteiger partial charge >= 0.3 is 0 Å². The minimum absolute atomic E-state index is 0.428. The average Bonchev–Trinajstić information content (AvgIpc) is 2.59. The molecule has 0 radical (unpaired) electrons. The van der Waals surface area contributed by atoms with E-state index in [0.29, 0.717) is 12.1 Å². The van der Waals surface area contributed by atoms with Crippen LogP contribution in [-0.2, 0) is 0 Å². The van der Waals surface area contributed by atoms with Crippen LogP contribution >= 0.6 is 0 Å². The minimum atomic E-state index is 0.428. The van der Waals surface area contributed by atoms with E-state index in [2.05, 4.69) is 23.3 Å². The summed E-state index contributed by atoms with van der Waals surface area (Å²) in [4.78, 5) is 4.18. The Bertz CT molecular complexity index is 289. The zero-order valence-electron chi connectivity index (χ0n) is 10.2. The van der Waals surface area contributed by atoms with Crippen LogP contribution in [0, 0.1) is 0 Å². The highest BCUT2D eigenvalue weighted by Crippen LogP contribution is 2.20. The Morgan fingerprint density at radius 3 is 2.62 bits per heavy atom. The Balaban J connectivity index is 1.88. The van der Waals surface area contributed by atoms with Crippen LogP contribution in [0.3, 0.4) is 0 Å². The third-order valence-corrected chi connectivity index (χ3v) is 3.53. The van der Waals surface area contributed by atoms with Gasteiger partial charge in [-0.15, -0.1) is 0 Å². The van der Waals surface area contributed by atoms with Crippen molar-refractivity contribution in [3.05, 3.63) is 30.1 Å². The summed E-state index contributed by atoms with van der Waals surface area (Å²) in [6, 6.07) is 5.30. The average molecular weight is 218 g/mol. The van der Waals surface area contributed by atoms with Crippen molar-refractivity contribution in [2.24, 2.45) is 0 Å². The first kappa shape index (κ1) is 11.6. The molecule has 0 saturated heterocycles. The van der Waals surface area contributed by atoms with Gasteiger partial charge in [0, 0.05) is 24.5 Å². The van der Waals surface area contributed by atoms with Gasteiger partial charge in [0.1, 0.15) is 0 Å². The zero-order chi connectivity index (χ0) is 11.2. The number of nitrogens with one attached hydrogen (secondary N) is 1. The molecule has 1 aliphatic carbocycles. The van der Waals surface area contributed by atoms with Crippen LogP contribution in [0.1, 0.15) is 57.1 Å². The summed E-state index contributed by atoms with van der Waals surface area (Å²) < 4.78 is 0. The van der Waals surface area contributed by atoms with Gasteiger partial charge in [-0.05, 0) is 31.4 Å². The first-order valence-corrected chi connectivity index (χ1v) is 6.52. The first-order chi connectivity index (χ1) is 7.86. The highest BCUT2D eigenvalue weighted by atomic mass is 14.9. The molecule has 0 aliphatic heterocycles. The van der Waals surface area contributed by atoms with Crippen molar-refractivity contribution in [1.29, 1.82) is 0 Å². The Labute approximate surface area is 98.5 Å². The monoisotopic (exact) mass is 218 g/mol. The Morgan fingerprint density at radius 2 is 2.00 bits per heavy atom. The smallest absolute Gasteiger partial charge is 0.0315 e. The van der Waals surface area contributed by atoms with Crippen LogP contribution in [0.15, 0.2) is 24.5 Å². The molecule has 88 valence electrons. The number of pyridine rings is 1. The summed E-state index contributed by atoms with van der Waals surface area (Å²) in [6.07, 6.45) is 12.1. The number of nitrogens with zero attached hydrogens (tertiary/aromatic N) is 1. The van der Waals surface area contributed by atoms with Crippen molar-refractivity contribution in [3.63, 3.8) is 0 Å². The summed E-state index contributed by atoms with van der Waals surface area (Å²) in [7, 11) is 0. The highest BCUT2D eigenvalue weighted by Gasteiger charge is 2.15. The Kier molecular flexibility index (Phi) is 4.34. The molecule has 1 saturated carbocycles. The van der Waals surface area contributed by atoms with E-state index in [1.165, 1.54) is 44.1 Å². The normalized spacial score (nSPS) is 20.3. The molecular formula is C14H22N2. The molecule has 0 amide bonds. The molecule has 2 nitrogen and oxygen atoms in total. The van der Waals surface area contributed by atoms with Gasteiger partial charge in [0.15, 0.2) is 0 Å². The molecule has 1 aliphatic rings. The number of hydrogen-bond donors (Lipinski definition) is 1. The first-order valence-electron chi connectivity index (χ1n) is 6.52. The number of hydrogen-bond acceptors (Lipinski definition) is 2. The summed E-state index contributed by atoms with van der Waals surface area (Å²) in [6.45, 7) is 2.24. The van der Waals surface area contributed by atoms with Crippen LogP contribution in [0.4, 0.5) is 0 Å². The minimum Gasteiger partial charge on any atom is -0.307 e. The van der Waals surface area contributed by atoms with Gasteiger partial charge in [-0.2, -0.15) is 0 Å². The molecule has 1 heterocycles. The van der Waals surface area contributed by atoms with Crippen molar-refractivity contribution < 1.29 is 0 Å². The molecule has 1 atom stereocenters. The van der Waals surface area contributed by atoms with Crippen LogP contribution in [0.25, 0.3) is 0 Å². The molecule has 1 unspecified atom stereocenters. The van der Waals surface area contributed by atoms with Crippen molar-refractivity contribution >= 4 is 0 Å². The Morgan fingerprint density at radius 1 is 1.25 bits per heavy atom. The van der Waals surface area contributed by atoms with Crippen LogP contribution in [0.2, 0.25) is 0 Å². The van der Waals surface area contributed by atoms with Crippen LogP contribution in [0.5, 0.6) is 0 Å². The fraction of sp³-hybridized carbons (Fsp3) is 0.643. The molecule has 1 fully saturated rings. The molecule has 16 heavy (non-hydrogen) atoms. The fourth-order valence-electron chi connectivity index (χ4n) is 2.53. The van der Waals surface area contributed by atoms with Crippen LogP contribution < -0.4 is 5.32 Å². The predicted molar refractivity (Wildman–Crippen MR) is 67.3 cm³/mol. The lowest BCUT2D eigenvalue weighted by Crippen LogP contribution is -2.31. The third-order valence-electron chi connectivity index (χ3n) is 3.53. The van der Waals surface area contributed by atoms with Crippen molar-refractivity contribution in [2.45, 2.75) is 57.5 Å². The lowest BCUT2D eigenvalue weighted by atomic mass is 10.1. The molecule has 1 aromatic rings. The third kappa shape index (κ3) is 3.31. The van der Waals surface area contributed by atoms with E-state index in [0.717, 1.165) is 0 Å². The van der Waals surface area contributed by atoms with E-state index in [1.54, 1.807) is 0 Å². The molecule has 0 aromatic carbocycles. The second kappa shape index (κ2) is 6.00. The standard InChI is InChI=1S/C14H22N2/c1-12(13-7-6-10-15-11-13)16-14-8-4-2-3-5-9-14/h6-7,10-12,14,16H,2-5,8-9H2,1H3. The van der Waals surface area contributed by atoms with Gasteiger partial charge in [-0.3, -0.25) is 4.98 Å². The molecule has 2 rings (SSSR count). The maximum Gasteiger partial charge on any atom is 0.0315 e. The molecule has 2 heteroatoms. The summed E-state index contributed by atoms with van der Waals surface area (Å²) in [5.74, 6) is 0. The van der Waals surface area contributed by atoms with E-state index < -0.39 is 0 Å². The van der Waals surface area contributed by atoms with Gasteiger partial charge < -0.3 is 5.32 Å². The van der Waals surface area contributed by atoms with E-state index in [4.69, 9.17) is 0 Å². The van der Waals surface area contributed by atoms with Gasteiger partial charge in [0.2, 0.25) is 0 Å². The van der Waals surface area contributed by atoms with Crippen LogP contribution in [-0.4, -0.2) is 11.0 Å².